The molecule has 0 amide bonds. The fraction of sp³-hybridized carbons (Fsp3) is 0.118. The van der Waals surface area contributed by atoms with Gasteiger partial charge in [-0.25, -0.2) is 0 Å². The Morgan fingerprint density at radius 1 is 0.958 bits per heavy atom. The fourth-order valence-electron chi connectivity index (χ4n) is 2.46. The van der Waals surface area contributed by atoms with Crippen molar-refractivity contribution in [3.63, 3.8) is 0 Å². The second-order valence-electron chi connectivity index (χ2n) is 5.05. The van der Waals surface area contributed by atoms with Gasteiger partial charge in [0.15, 0.2) is 16.9 Å². The lowest BCUT2D eigenvalue weighted by atomic mass is 10.1. The van der Waals surface area contributed by atoms with Crippen LogP contribution in [-0.2, 0) is 0 Å². The monoisotopic (exact) mass is 330 g/mol. The number of methoxy groups -OCH3 is 2. The van der Waals surface area contributed by atoms with Gasteiger partial charge in [0.25, 0.3) is 0 Å². The smallest absolute Gasteiger partial charge is 0.203 e. The molecule has 7 heteroatoms. The minimum atomic E-state index is -0.524. The van der Waals surface area contributed by atoms with Crippen molar-refractivity contribution in [1.82, 2.24) is 0 Å². The molecular formula is C17H14O7. The van der Waals surface area contributed by atoms with E-state index in [1.54, 1.807) is 6.07 Å². The summed E-state index contributed by atoms with van der Waals surface area (Å²) in [6, 6.07) is 6.74. The van der Waals surface area contributed by atoms with E-state index >= 15 is 0 Å². The van der Waals surface area contributed by atoms with Crippen LogP contribution in [0.2, 0.25) is 0 Å². The van der Waals surface area contributed by atoms with Crippen LogP contribution in [0.4, 0.5) is 0 Å². The molecule has 3 rings (SSSR count). The third kappa shape index (κ3) is 2.45. The van der Waals surface area contributed by atoms with E-state index in [4.69, 9.17) is 13.9 Å². The molecule has 0 atom stereocenters. The molecule has 0 radical (unpaired) electrons. The van der Waals surface area contributed by atoms with Gasteiger partial charge in [-0.2, -0.15) is 0 Å². The Kier molecular flexibility index (Phi) is 3.69. The molecule has 7 nitrogen and oxygen atoms in total. The van der Waals surface area contributed by atoms with Crippen LogP contribution < -0.4 is 14.9 Å². The van der Waals surface area contributed by atoms with Gasteiger partial charge in [0.2, 0.25) is 5.75 Å². The highest BCUT2D eigenvalue weighted by atomic mass is 16.5. The molecule has 0 spiro atoms. The van der Waals surface area contributed by atoms with E-state index in [2.05, 4.69) is 0 Å². The second-order valence-corrected chi connectivity index (χ2v) is 5.05. The van der Waals surface area contributed by atoms with Crippen LogP contribution in [0.3, 0.4) is 0 Å². The van der Waals surface area contributed by atoms with Crippen molar-refractivity contribution in [2.75, 3.05) is 14.2 Å². The van der Waals surface area contributed by atoms with Crippen LogP contribution in [0.5, 0.6) is 28.7 Å². The maximum atomic E-state index is 12.4. The van der Waals surface area contributed by atoms with Gasteiger partial charge in [-0.3, -0.25) is 4.79 Å². The van der Waals surface area contributed by atoms with Crippen LogP contribution in [-0.4, -0.2) is 29.5 Å². The Morgan fingerprint density at radius 3 is 2.38 bits per heavy atom. The lowest BCUT2D eigenvalue weighted by Crippen LogP contribution is -2.02. The summed E-state index contributed by atoms with van der Waals surface area (Å²) in [5, 5.41) is 29.6. The first-order chi connectivity index (χ1) is 11.4. The van der Waals surface area contributed by atoms with E-state index in [1.165, 1.54) is 38.5 Å². The van der Waals surface area contributed by atoms with Crippen molar-refractivity contribution >= 4 is 11.0 Å². The summed E-state index contributed by atoms with van der Waals surface area (Å²) in [5.41, 5.74) is -0.138. The molecule has 0 saturated carbocycles. The van der Waals surface area contributed by atoms with E-state index in [0.29, 0.717) is 11.3 Å². The molecule has 0 fully saturated rings. The Labute approximate surface area is 135 Å². The molecular weight excluding hydrogens is 316 g/mol. The SMILES string of the molecule is COc1cc(O)cc(-c2cc(=O)c3c(O)c(OC)c(O)cc3o2)c1. The van der Waals surface area contributed by atoms with E-state index in [9.17, 15) is 20.1 Å². The van der Waals surface area contributed by atoms with E-state index in [0.717, 1.165) is 0 Å². The molecule has 3 N–H and O–H groups in total. The zero-order valence-electron chi connectivity index (χ0n) is 12.9. The standard InChI is InChI=1S/C17H14O7/c1-22-10-4-8(3-9(18)5-10)13-6-11(19)15-14(24-13)7-12(20)17(23-2)16(15)21/h3-7,18,20-21H,1-2H3. The Balaban J connectivity index is 2.29. The van der Waals surface area contributed by atoms with Gasteiger partial charge in [-0.15, -0.1) is 0 Å². The Bertz CT molecular complexity index is 988. The second kappa shape index (κ2) is 5.69. The summed E-state index contributed by atoms with van der Waals surface area (Å²) in [6.45, 7) is 0. The molecule has 24 heavy (non-hydrogen) atoms. The van der Waals surface area contributed by atoms with Gasteiger partial charge in [0.1, 0.15) is 28.2 Å². The molecule has 0 aliphatic heterocycles. The van der Waals surface area contributed by atoms with Crippen molar-refractivity contribution in [2.24, 2.45) is 0 Å². The van der Waals surface area contributed by atoms with E-state index in [1.807, 2.05) is 0 Å². The number of fused-ring (bicyclic) bond motifs is 1. The number of aromatic hydroxyl groups is 3. The van der Waals surface area contributed by atoms with Crippen LogP contribution in [0.25, 0.3) is 22.3 Å². The largest absolute Gasteiger partial charge is 0.508 e. The van der Waals surface area contributed by atoms with Gasteiger partial charge in [-0.1, -0.05) is 0 Å². The molecule has 0 aliphatic carbocycles. The van der Waals surface area contributed by atoms with E-state index < -0.39 is 11.2 Å². The molecule has 1 heterocycles. The number of ether oxygens (including phenoxy) is 2. The average molecular weight is 330 g/mol. The number of rotatable bonds is 3. The lowest BCUT2D eigenvalue weighted by Gasteiger charge is -2.10. The topological polar surface area (TPSA) is 109 Å². The summed E-state index contributed by atoms with van der Waals surface area (Å²) >= 11 is 0. The third-order valence-corrected chi connectivity index (χ3v) is 3.54. The summed E-state index contributed by atoms with van der Waals surface area (Å²) < 4.78 is 15.5. The molecule has 124 valence electrons. The van der Waals surface area contributed by atoms with Gasteiger partial charge in [0.05, 0.1) is 14.2 Å². The van der Waals surface area contributed by atoms with Crippen molar-refractivity contribution < 1.29 is 29.2 Å². The quantitative estimate of drug-likeness (QED) is 0.677. The highest BCUT2D eigenvalue weighted by Gasteiger charge is 2.18. The predicted octanol–water partition coefficient (Wildman–Crippen LogP) is 2.59. The lowest BCUT2D eigenvalue weighted by molar-refractivity contribution is 0.346. The average Bonchev–Trinajstić information content (AvgIpc) is 2.53. The molecule has 1 aromatic heterocycles. The first-order valence-corrected chi connectivity index (χ1v) is 6.89. The first-order valence-electron chi connectivity index (χ1n) is 6.89. The maximum absolute atomic E-state index is 12.4. The summed E-state index contributed by atoms with van der Waals surface area (Å²) in [7, 11) is 2.70. The Hall–Kier alpha value is -3.35. The number of hydrogen-bond acceptors (Lipinski definition) is 7. The van der Waals surface area contributed by atoms with Gasteiger partial charge >= 0.3 is 0 Å². The van der Waals surface area contributed by atoms with Crippen LogP contribution in [0, 0.1) is 0 Å². The maximum Gasteiger partial charge on any atom is 0.203 e. The minimum absolute atomic E-state index is 0.0180. The van der Waals surface area contributed by atoms with Crippen LogP contribution in [0.15, 0.2) is 39.5 Å². The molecule has 2 aromatic carbocycles. The van der Waals surface area contributed by atoms with Crippen molar-refractivity contribution in [3.8, 4) is 40.1 Å². The zero-order chi connectivity index (χ0) is 17.4. The molecule has 0 aliphatic rings. The Morgan fingerprint density at radius 2 is 1.71 bits per heavy atom. The molecule has 0 bridgehead atoms. The highest BCUT2D eigenvalue weighted by molar-refractivity contribution is 5.89. The first kappa shape index (κ1) is 15.5. The third-order valence-electron chi connectivity index (χ3n) is 3.54. The van der Waals surface area contributed by atoms with Gasteiger partial charge in [0, 0.05) is 23.8 Å². The predicted molar refractivity (Wildman–Crippen MR) is 86.0 cm³/mol. The highest BCUT2D eigenvalue weighted by Crippen LogP contribution is 2.41. The summed E-state index contributed by atoms with van der Waals surface area (Å²) in [5.74, 6) is -0.606. The number of phenolic OH excluding ortho intramolecular Hbond substituents is 3. The number of benzene rings is 2. The minimum Gasteiger partial charge on any atom is -0.508 e. The summed E-state index contributed by atoms with van der Waals surface area (Å²) in [4.78, 5) is 12.4. The fourth-order valence-corrected chi connectivity index (χ4v) is 2.46. The number of hydrogen-bond donors (Lipinski definition) is 3. The molecule has 3 aromatic rings. The number of phenols is 3. The van der Waals surface area contributed by atoms with Gasteiger partial charge in [-0.05, 0) is 12.1 Å². The van der Waals surface area contributed by atoms with E-state index in [-0.39, 0.29) is 34.0 Å². The summed E-state index contributed by atoms with van der Waals surface area (Å²) in [6.07, 6.45) is 0. The molecule has 0 unspecified atom stereocenters. The zero-order valence-corrected chi connectivity index (χ0v) is 12.9. The normalized spacial score (nSPS) is 10.8. The molecule has 0 saturated heterocycles. The van der Waals surface area contributed by atoms with Crippen molar-refractivity contribution in [1.29, 1.82) is 0 Å². The van der Waals surface area contributed by atoms with Crippen molar-refractivity contribution in [3.05, 3.63) is 40.6 Å². The van der Waals surface area contributed by atoms with Crippen molar-refractivity contribution in [2.45, 2.75) is 0 Å². The van der Waals surface area contributed by atoms with Crippen LogP contribution in [0.1, 0.15) is 0 Å². The van der Waals surface area contributed by atoms with Crippen LogP contribution >= 0.6 is 0 Å². The van der Waals surface area contributed by atoms with Gasteiger partial charge < -0.3 is 29.2 Å².